The molecule has 0 saturated carbocycles. The van der Waals surface area contributed by atoms with Crippen molar-refractivity contribution in [3.05, 3.63) is 63.5 Å². The summed E-state index contributed by atoms with van der Waals surface area (Å²) in [6.07, 6.45) is 2.08. The highest BCUT2D eigenvalue weighted by Gasteiger charge is 2.23. The molecule has 0 fully saturated rings. The Morgan fingerprint density at radius 3 is 2.37 bits per heavy atom. The van der Waals surface area contributed by atoms with Gasteiger partial charge in [0.15, 0.2) is 0 Å². The smallest absolute Gasteiger partial charge is 0.251 e. The Bertz CT molecular complexity index is 860. The Morgan fingerprint density at radius 1 is 1.11 bits per heavy atom. The highest BCUT2D eigenvalue weighted by molar-refractivity contribution is 6.30. The number of benzene rings is 1. The molecule has 0 bridgehead atoms. The van der Waals surface area contributed by atoms with Crippen LogP contribution in [0.15, 0.2) is 47.4 Å². The number of carbonyl (C=O) groups excluding carboxylic acids is 2. The lowest BCUT2D eigenvalue weighted by Crippen LogP contribution is -2.44. The van der Waals surface area contributed by atoms with E-state index in [0.29, 0.717) is 29.2 Å². The summed E-state index contributed by atoms with van der Waals surface area (Å²) in [5, 5.41) is 6.10. The van der Waals surface area contributed by atoms with Gasteiger partial charge in [0.25, 0.3) is 11.5 Å². The topological polar surface area (TPSA) is 80.2 Å². The van der Waals surface area contributed by atoms with Crippen molar-refractivity contribution in [1.82, 2.24) is 9.88 Å². The van der Waals surface area contributed by atoms with Crippen molar-refractivity contribution in [2.45, 2.75) is 39.8 Å². The molecule has 6 nitrogen and oxygen atoms in total. The Hall–Kier alpha value is -2.60. The quantitative estimate of drug-likeness (QED) is 0.762. The fourth-order valence-electron chi connectivity index (χ4n) is 2.63. The van der Waals surface area contributed by atoms with Crippen LogP contribution in [0.4, 0.5) is 5.69 Å². The third-order valence-corrected chi connectivity index (χ3v) is 4.28. The number of amides is 2. The molecule has 0 spiro atoms. The van der Waals surface area contributed by atoms with Gasteiger partial charge in [0.05, 0.1) is 5.69 Å². The van der Waals surface area contributed by atoms with Crippen molar-refractivity contribution >= 4 is 29.1 Å². The van der Waals surface area contributed by atoms with E-state index in [1.807, 2.05) is 20.8 Å². The molecule has 1 heterocycles. The minimum Gasteiger partial charge on any atom is -0.340 e. The molecule has 2 amide bonds. The third-order valence-electron chi connectivity index (χ3n) is 4.03. The number of hydrogen-bond donors (Lipinski definition) is 2. The van der Waals surface area contributed by atoms with E-state index in [1.54, 1.807) is 36.5 Å². The van der Waals surface area contributed by atoms with E-state index in [-0.39, 0.29) is 23.3 Å². The van der Waals surface area contributed by atoms with Gasteiger partial charge in [-0.05, 0) is 49.6 Å². The highest BCUT2D eigenvalue weighted by Crippen LogP contribution is 2.12. The van der Waals surface area contributed by atoms with E-state index < -0.39 is 6.04 Å². The fraction of sp³-hybridized carbons (Fsp3) is 0.350. The number of rotatable bonds is 7. The van der Waals surface area contributed by atoms with Gasteiger partial charge in [-0.3, -0.25) is 14.4 Å². The first-order chi connectivity index (χ1) is 12.8. The monoisotopic (exact) mass is 389 g/mol. The maximum atomic E-state index is 12.7. The van der Waals surface area contributed by atoms with Gasteiger partial charge in [0.1, 0.15) is 6.04 Å². The van der Waals surface area contributed by atoms with Gasteiger partial charge in [0, 0.05) is 29.4 Å². The zero-order valence-corrected chi connectivity index (χ0v) is 16.4. The second-order valence-corrected chi connectivity index (χ2v) is 7.13. The van der Waals surface area contributed by atoms with Crippen LogP contribution < -0.4 is 16.2 Å². The van der Waals surface area contributed by atoms with Gasteiger partial charge in [-0.15, -0.1) is 0 Å². The molecule has 27 heavy (non-hydrogen) atoms. The van der Waals surface area contributed by atoms with Gasteiger partial charge in [-0.2, -0.15) is 0 Å². The van der Waals surface area contributed by atoms with E-state index >= 15 is 0 Å². The lowest BCUT2D eigenvalue weighted by atomic mass is 10.0. The van der Waals surface area contributed by atoms with Crippen molar-refractivity contribution in [2.75, 3.05) is 5.32 Å². The molecular formula is C20H24ClN3O3. The molecule has 0 radical (unpaired) electrons. The molecule has 144 valence electrons. The molecule has 2 N–H and O–H groups in total. The van der Waals surface area contributed by atoms with Gasteiger partial charge >= 0.3 is 0 Å². The maximum absolute atomic E-state index is 12.7. The van der Waals surface area contributed by atoms with Crippen molar-refractivity contribution in [3.8, 4) is 0 Å². The van der Waals surface area contributed by atoms with Crippen LogP contribution in [0.2, 0.25) is 5.02 Å². The Balaban J connectivity index is 2.14. The first-order valence-electron chi connectivity index (χ1n) is 8.88. The lowest BCUT2D eigenvalue weighted by molar-refractivity contribution is -0.118. The molecule has 2 aromatic rings. The number of halogens is 1. The molecule has 0 aliphatic heterocycles. The number of nitrogens with one attached hydrogen (secondary N) is 2. The van der Waals surface area contributed by atoms with Crippen LogP contribution in [-0.4, -0.2) is 22.4 Å². The molecule has 1 aromatic carbocycles. The summed E-state index contributed by atoms with van der Waals surface area (Å²) in [4.78, 5) is 36.9. The van der Waals surface area contributed by atoms with Crippen LogP contribution >= 0.6 is 11.6 Å². The van der Waals surface area contributed by atoms with Gasteiger partial charge in [-0.25, -0.2) is 0 Å². The molecule has 1 unspecified atom stereocenters. The number of anilines is 1. The van der Waals surface area contributed by atoms with Gasteiger partial charge in [-0.1, -0.05) is 25.4 Å². The minimum atomic E-state index is -0.699. The second-order valence-electron chi connectivity index (χ2n) is 6.69. The SMILES string of the molecule is CCn1cc(NC(=O)C(CC(C)C)NC(=O)c2ccc(Cl)cc2)ccc1=O. The summed E-state index contributed by atoms with van der Waals surface area (Å²) in [5.74, 6) is -0.464. The lowest BCUT2D eigenvalue weighted by Gasteiger charge is -2.20. The predicted octanol–water partition coefficient (Wildman–Crippen LogP) is 3.30. The number of hydrogen-bond acceptors (Lipinski definition) is 3. The zero-order chi connectivity index (χ0) is 20.0. The van der Waals surface area contributed by atoms with Crippen LogP contribution in [0.3, 0.4) is 0 Å². The van der Waals surface area contributed by atoms with Crippen LogP contribution in [-0.2, 0) is 11.3 Å². The van der Waals surface area contributed by atoms with E-state index in [0.717, 1.165) is 0 Å². The van der Waals surface area contributed by atoms with E-state index in [4.69, 9.17) is 11.6 Å². The minimum absolute atomic E-state index is 0.134. The summed E-state index contributed by atoms with van der Waals surface area (Å²) in [5.41, 5.74) is 0.807. The van der Waals surface area contributed by atoms with Crippen LogP contribution in [0, 0.1) is 5.92 Å². The largest absolute Gasteiger partial charge is 0.340 e. The van der Waals surface area contributed by atoms with Crippen LogP contribution in [0.25, 0.3) is 0 Å². The van der Waals surface area contributed by atoms with Crippen molar-refractivity contribution < 1.29 is 9.59 Å². The molecule has 0 saturated heterocycles. The summed E-state index contributed by atoms with van der Waals surface area (Å²) in [6, 6.07) is 8.74. The Labute approximate surface area is 163 Å². The standard InChI is InChI=1S/C20H24ClN3O3/c1-4-24-12-16(9-10-18(24)25)22-20(27)17(11-13(2)3)23-19(26)14-5-7-15(21)8-6-14/h5-10,12-13,17H,4,11H2,1-3H3,(H,22,27)(H,23,26). The fourth-order valence-corrected chi connectivity index (χ4v) is 2.75. The third kappa shape index (κ3) is 5.96. The molecule has 1 atom stereocenters. The van der Waals surface area contributed by atoms with Crippen molar-refractivity contribution in [3.63, 3.8) is 0 Å². The number of carbonyl (C=O) groups is 2. The second kappa shape index (κ2) is 9.37. The predicted molar refractivity (Wildman–Crippen MR) is 107 cm³/mol. The van der Waals surface area contributed by atoms with Gasteiger partial charge in [0.2, 0.25) is 5.91 Å². The summed E-state index contributed by atoms with van der Waals surface area (Å²) < 4.78 is 1.50. The summed E-state index contributed by atoms with van der Waals surface area (Å²) >= 11 is 5.85. The molecular weight excluding hydrogens is 366 g/mol. The summed E-state index contributed by atoms with van der Waals surface area (Å²) in [6.45, 7) is 6.31. The van der Waals surface area contributed by atoms with Crippen molar-refractivity contribution in [2.24, 2.45) is 5.92 Å². The number of aromatic nitrogens is 1. The Kier molecular flexibility index (Phi) is 7.19. The maximum Gasteiger partial charge on any atom is 0.251 e. The average Bonchev–Trinajstić information content (AvgIpc) is 2.62. The summed E-state index contributed by atoms with van der Waals surface area (Å²) in [7, 11) is 0. The molecule has 1 aromatic heterocycles. The average molecular weight is 390 g/mol. The van der Waals surface area contributed by atoms with E-state index in [1.165, 1.54) is 10.6 Å². The normalized spacial score (nSPS) is 11.9. The zero-order valence-electron chi connectivity index (χ0n) is 15.7. The molecule has 2 rings (SSSR count). The first kappa shape index (κ1) is 20.7. The molecule has 0 aliphatic rings. The number of nitrogens with zero attached hydrogens (tertiary/aromatic N) is 1. The highest BCUT2D eigenvalue weighted by atomic mass is 35.5. The first-order valence-corrected chi connectivity index (χ1v) is 9.25. The molecule has 0 aliphatic carbocycles. The number of aryl methyl sites for hydroxylation is 1. The van der Waals surface area contributed by atoms with Gasteiger partial charge < -0.3 is 15.2 Å². The number of pyridine rings is 1. The van der Waals surface area contributed by atoms with E-state index in [2.05, 4.69) is 10.6 Å². The van der Waals surface area contributed by atoms with E-state index in [9.17, 15) is 14.4 Å². The molecule has 7 heteroatoms. The van der Waals surface area contributed by atoms with Crippen LogP contribution in [0.5, 0.6) is 0 Å². The Morgan fingerprint density at radius 2 is 1.78 bits per heavy atom. The van der Waals surface area contributed by atoms with Crippen LogP contribution in [0.1, 0.15) is 37.6 Å². The van der Waals surface area contributed by atoms with Crippen molar-refractivity contribution in [1.29, 1.82) is 0 Å².